The lowest BCUT2D eigenvalue weighted by Crippen LogP contribution is -2.39. The summed E-state index contributed by atoms with van der Waals surface area (Å²) in [6, 6.07) is 7.36. The zero-order valence-corrected chi connectivity index (χ0v) is 13.4. The number of benzene rings is 1. The van der Waals surface area contributed by atoms with Gasteiger partial charge in [0, 0.05) is 31.8 Å². The largest absolute Gasteiger partial charge is 0.492 e. The smallest absolute Gasteiger partial charge is 0.191 e. The highest BCUT2D eigenvalue weighted by Gasteiger charge is 1.98. The van der Waals surface area contributed by atoms with E-state index in [2.05, 4.69) is 15.6 Å². The summed E-state index contributed by atoms with van der Waals surface area (Å²) in [5, 5.41) is 7.08. The number of halogens is 1. The van der Waals surface area contributed by atoms with Crippen molar-refractivity contribution in [1.82, 2.24) is 10.6 Å². The molecule has 0 unspecified atom stereocenters. The van der Waals surface area contributed by atoms with Gasteiger partial charge in [0.2, 0.25) is 0 Å². The third-order valence-electron chi connectivity index (χ3n) is 2.64. The highest BCUT2D eigenvalue weighted by atomic mass is 35.5. The predicted octanol–water partition coefficient (Wildman–Crippen LogP) is 2.31. The van der Waals surface area contributed by atoms with E-state index in [9.17, 15) is 0 Å². The van der Waals surface area contributed by atoms with E-state index in [0.29, 0.717) is 18.2 Å². The summed E-state index contributed by atoms with van der Waals surface area (Å²) in [5.41, 5.74) is 0. The monoisotopic (exact) mass is 313 g/mol. The Morgan fingerprint density at radius 3 is 2.76 bits per heavy atom. The Morgan fingerprint density at radius 2 is 2.05 bits per heavy atom. The van der Waals surface area contributed by atoms with E-state index < -0.39 is 0 Å². The van der Waals surface area contributed by atoms with Gasteiger partial charge in [0.1, 0.15) is 12.4 Å². The van der Waals surface area contributed by atoms with Gasteiger partial charge in [-0.05, 0) is 31.5 Å². The first-order chi connectivity index (χ1) is 10.3. The minimum atomic E-state index is 0.542. The fourth-order valence-electron chi connectivity index (χ4n) is 1.64. The van der Waals surface area contributed by atoms with Crippen LogP contribution in [0, 0.1) is 0 Å². The molecule has 1 aromatic carbocycles. The quantitative estimate of drug-likeness (QED) is 0.417. The van der Waals surface area contributed by atoms with Crippen molar-refractivity contribution in [2.75, 3.05) is 40.0 Å². The summed E-state index contributed by atoms with van der Waals surface area (Å²) in [7, 11) is 1.75. The fourth-order valence-corrected chi connectivity index (χ4v) is 1.82. The van der Waals surface area contributed by atoms with Crippen molar-refractivity contribution < 1.29 is 9.47 Å². The van der Waals surface area contributed by atoms with E-state index in [1.54, 1.807) is 13.1 Å². The topological polar surface area (TPSA) is 54.9 Å². The fraction of sp³-hybridized carbons (Fsp3) is 0.533. The molecule has 0 heterocycles. The van der Waals surface area contributed by atoms with Gasteiger partial charge in [-0.1, -0.05) is 17.7 Å². The summed E-state index contributed by atoms with van der Waals surface area (Å²) >= 11 is 5.89. The first-order valence-corrected chi connectivity index (χ1v) is 7.54. The highest BCUT2D eigenvalue weighted by Crippen LogP contribution is 2.16. The van der Waals surface area contributed by atoms with E-state index in [0.717, 1.165) is 37.9 Å². The average molecular weight is 314 g/mol. The third-order valence-corrected chi connectivity index (χ3v) is 2.88. The molecule has 0 aromatic heterocycles. The summed E-state index contributed by atoms with van der Waals surface area (Å²) < 4.78 is 10.9. The number of hydrogen-bond donors (Lipinski definition) is 2. The molecule has 0 spiro atoms. The molecule has 1 aromatic rings. The van der Waals surface area contributed by atoms with Crippen LogP contribution in [0.4, 0.5) is 0 Å². The van der Waals surface area contributed by atoms with Gasteiger partial charge >= 0.3 is 0 Å². The van der Waals surface area contributed by atoms with E-state index >= 15 is 0 Å². The SMILES string of the molecule is CCOCCCNC(=NC)NCCOc1cccc(Cl)c1. The van der Waals surface area contributed by atoms with Crippen molar-refractivity contribution in [2.45, 2.75) is 13.3 Å². The second kappa shape index (κ2) is 11.2. The van der Waals surface area contributed by atoms with Crippen LogP contribution in [0.1, 0.15) is 13.3 Å². The van der Waals surface area contributed by atoms with E-state index in [4.69, 9.17) is 21.1 Å². The minimum absolute atomic E-state index is 0.542. The number of nitrogens with zero attached hydrogens (tertiary/aromatic N) is 1. The highest BCUT2D eigenvalue weighted by molar-refractivity contribution is 6.30. The molecule has 0 amide bonds. The molecule has 0 fully saturated rings. The number of aliphatic imine (C=N–C) groups is 1. The van der Waals surface area contributed by atoms with Gasteiger partial charge < -0.3 is 20.1 Å². The van der Waals surface area contributed by atoms with Crippen molar-refractivity contribution >= 4 is 17.6 Å². The van der Waals surface area contributed by atoms with Crippen LogP contribution in [0.5, 0.6) is 5.75 Å². The zero-order chi connectivity index (χ0) is 15.3. The molecule has 0 saturated carbocycles. The van der Waals surface area contributed by atoms with Gasteiger partial charge in [-0.2, -0.15) is 0 Å². The lowest BCUT2D eigenvalue weighted by Gasteiger charge is -2.12. The van der Waals surface area contributed by atoms with Gasteiger partial charge in [-0.25, -0.2) is 0 Å². The lowest BCUT2D eigenvalue weighted by atomic mass is 10.3. The number of rotatable bonds is 9. The first-order valence-electron chi connectivity index (χ1n) is 7.17. The Bertz CT molecular complexity index is 427. The Labute approximate surface area is 131 Å². The van der Waals surface area contributed by atoms with Crippen LogP contribution in [0.3, 0.4) is 0 Å². The van der Waals surface area contributed by atoms with Crippen LogP contribution in [0.15, 0.2) is 29.3 Å². The molecule has 0 bridgehead atoms. The second-order valence-electron chi connectivity index (χ2n) is 4.28. The molecule has 0 aliphatic carbocycles. The molecule has 0 radical (unpaired) electrons. The van der Waals surface area contributed by atoms with Crippen molar-refractivity contribution in [3.8, 4) is 5.75 Å². The Balaban J connectivity index is 2.12. The predicted molar refractivity (Wildman–Crippen MR) is 87.4 cm³/mol. The van der Waals surface area contributed by atoms with Crippen molar-refractivity contribution in [3.05, 3.63) is 29.3 Å². The van der Waals surface area contributed by atoms with Crippen molar-refractivity contribution in [3.63, 3.8) is 0 Å². The third kappa shape index (κ3) is 8.42. The minimum Gasteiger partial charge on any atom is -0.492 e. The molecule has 6 heteroatoms. The average Bonchev–Trinajstić information content (AvgIpc) is 2.49. The Kier molecular flexibility index (Phi) is 9.40. The standard InChI is InChI=1S/C15H24ClN3O2/c1-3-20-10-5-8-18-15(17-2)19-9-11-21-14-7-4-6-13(16)12-14/h4,6-7,12H,3,5,8-11H2,1-2H3,(H2,17,18,19). The number of hydrogen-bond acceptors (Lipinski definition) is 3. The molecule has 0 aliphatic rings. The van der Waals surface area contributed by atoms with Gasteiger partial charge in [0.05, 0.1) is 6.54 Å². The van der Waals surface area contributed by atoms with Gasteiger partial charge in [-0.15, -0.1) is 0 Å². The molecule has 0 aliphatic heterocycles. The summed E-state index contributed by atoms with van der Waals surface area (Å²) in [4.78, 5) is 4.14. The van der Waals surface area contributed by atoms with Crippen LogP contribution in [0.2, 0.25) is 5.02 Å². The van der Waals surface area contributed by atoms with Gasteiger partial charge in [-0.3, -0.25) is 4.99 Å². The van der Waals surface area contributed by atoms with E-state index in [-0.39, 0.29) is 0 Å². The maximum absolute atomic E-state index is 5.89. The molecular formula is C15H24ClN3O2. The van der Waals surface area contributed by atoms with E-state index in [1.807, 2.05) is 25.1 Å². The summed E-state index contributed by atoms with van der Waals surface area (Å²) in [6.45, 7) is 5.55. The molecule has 5 nitrogen and oxygen atoms in total. The Morgan fingerprint density at radius 1 is 1.24 bits per heavy atom. The van der Waals surface area contributed by atoms with Crippen LogP contribution in [-0.4, -0.2) is 45.9 Å². The van der Waals surface area contributed by atoms with Crippen LogP contribution < -0.4 is 15.4 Å². The normalized spacial score (nSPS) is 11.3. The number of ether oxygens (including phenoxy) is 2. The second-order valence-corrected chi connectivity index (χ2v) is 4.72. The van der Waals surface area contributed by atoms with Crippen molar-refractivity contribution in [1.29, 1.82) is 0 Å². The zero-order valence-electron chi connectivity index (χ0n) is 12.7. The molecule has 118 valence electrons. The molecule has 21 heavy (non-hydrogen) atoms. The molecule has 0 atom stereocenters. The number of guanidine groups is 1. The maximum atomic E-state index is 5.89. The van der Waals surface area contributed by atoms with Crippen LogP contribution in [0.25, 0.3) is 0 Å². The summed E-state index contributed by atoms with van der Waals surface area (Å²) in [6.07, 6.45) is 0.952. The summed E-state index contributed by atoms with van der Waals surface area (Å²) in [5.74, 6) is 1.53. The van der Waals surface area contributed by atoms with Crippen molar-refractivity contribution in [2.24, 2.45) is 4.99 Å². The van der Waals surface area contributed by atoms with Gasteiger partial charge in [0.15, 0.2) is 5.96 Å². The first kappa shape index (κ1) is 17.6. The maximum Gasteiger partial charge on any atom is 0.191 e. The van der Waals surface area contributed by atoms with Crippen LogP contribution >= 0.6 is 11.6 Å². The molecular weight excluding hydrogens is 290 g/mol. The molecule has 0 saturated heterocycles. The Hall–Kier alpha value is -1.46. The van der Waals surface area contributed by atoms with E-state index in [1.165, 1.54) is 0 Å². The molecule has 1 rings (SSSR count). The van der Waals surface area contributed by atoms with Gasteiger partial charge in [0.25, 0.3) is 0 Å². The molecule has 2 N–H and O–H groups in total. The lowest BCUT2D eigenvalue weighted by molar-refractivity contribution is 0.145. The number of nitrogens with one attached hydrogen (secondary N) is 2. The van der Waals surface area contributed by atoms with Crippen LogP contribution in [-0.2, 0) is 4.74 Å².